The smallest absolute Gasteiger partial charge is 0.231 e. The topological polar surface area (TPSA) is 77.5 Å². The average Bonchev–Trinajstić information content (AvgIpc) is 2.91. The summed E-state index contributed by atoms with van der Waals surface area (Å²) in [7, 11) is 1.55. The maximum atomic E-state index is 12.9. The lowest BCUT2D eigenvalue weighted by molar-refractivity contribution is 0.101. The third-order valence-corrected chi connectivity index (χ3v) is 4.11. The van der Waals surface area contributed by atoms with Crippen LogP contribution in [0.3, 0.4) is 0 Å². The Balaban J connectivity index is 2.19. The van der Waals surface area contributed by atoms with Gasteiger partial charge in [-0.15, -0.1) is 0 Å². The van der Waals surface area contributed by atoms with Gasteiger partial charge in [0.15, 0.2) is 5.76 Å². The molecular weight excluding hydrogens is 363 g/mol. The molecule has 5 nitrogen and oxygen atoms in total. The number of halogens is 2. The first-order valence-corrected chi connectivity index (χ1v) is 7.98. The van der Waals surface area contributed by atoms with Crippen LogP contribution >= 0.6 is 23.2 Å². The van der Waals surface area contributed by atoms with Gasteiger partial charge in [-0.3, -0.25) is 4.79 Å². The Labute approximate surface area is 154 Å². The van der Waals surface area contributed by atoms with Gasteiger partial charge in [-0.25, -0.2) is 0 Å². The van der Waals surface area contributed by atoms with Crippen molar-refractivity contribution in [3.8, 4) is 5.75 Å². The fraction of sp³-hybridized carbons (Fsp3) is 0.0556. The van der Waals surface area contributed by atoms with E-state index in [4.69, 9.17) is 38.1 Å². The highest BCUT2D eigenvalue weighted by molar-refractivity contribution is 6.37. The van der Waals surface area contributed by atoms with Gasteiger partial charge in [-0.05, 0) is 30.3 Å². The summed E-state index contributed by atoms with van der Waals surface area (Å²) in [5.74, 6) is 0.442. The molecule has 1 heterocycles. The van der Waals surface area contributed by atoms with Gasteiger partial charge in [-0.1, -0.05) is 29.8 Å². The maximum absolute atomic E-state index is 12.9. The van der Waals surface area contributed by atoms with E-state index in [9.17, 15) is 4.79 Å². The van der Waals surface area contributed by atoms with Crippen LogP contribution < -0.4 is 15.8 Å². The molecule has 3 aromatic rings. The number of hydrogen-bond donors (Lipinski definition) is 2. The van der Waals surface area contributed by atoms with E-state index >= 15 is 0 Å². The van der Waals surface area contributed by atoms with E-state index < -0.39 is 5.78 Å². The number of benzene rings is 2. The quantitative estimate of drug-likeness (QED) is 0.624. The van der Waals surface area contributed by atoms with Gasteiger partial charge in [0.1, 0.15) is 11.3 Å². The second-order valence-corrected chi connectivity index (χ2v) is 6.12. The van der Waals surface area contributed by atoms with Crippen LogP contribution in [0.25, 0.3) is 11.0 Å². The lowest BCUT2D eigenvalue weighted by Gasteiger charge is -2.07. The summed E-state index contributed by atoms with van der Waals surface area (Å²) >= 11 is 12.0. The third kappa shape index (κ3) is 3.29. The molecule has 3 N–H and O–H groups in total. The lowest BCUT2D eigenvalue weighted by atomic mass is 10.1. The summed E-state index contributed by atoms with van der Waals surface area (Å²) in [6, 6.07) is 9.83. The number of anilines is 1. The Morgan fingerprint density at radius 3 is 2.64 bits per heavy atom. The van der Waals surface area contributed by atoms with Crippen LogP contribution in [0.4, 0.5) is 5.69 Å². The van der Waals surface area contributed by atoms with Gasteiger partial charge in [-0.2, -0.15) is 0 Å². The standard InChI is InChI=1S/C18H14Cl2N2O3/c1-9(21)22-16-13-6-4-11(24-2)8-15(13)25-18(16)17(23)12-5-3-10(19)7-14(12)20/h3-8,22H,1,21H2,2H3. The monoisotopic (exact) mass is 376 g/mol. The van der Waals surface area contributed by atoms with Crippen molar-refractivity contribution in [2.24, 2.45) is 5.73 Å². The Bertz CT molecular complexity index is 995. The van der Waals surface area contributed by atoms with Crippen molar-refractivity contribution in [3.63, 3.8) is 0 Å². The van der Waals surface area contributed by atoms with E-state index in [0.717, 1.165) is 0 Å². The highest BCUT2D eigenvalue weighted by atomic mass is 35.5. The molecule has 0 saturated carbocycles. The number of hydrogen-bond acceptors (Lipinski definition) is 5. The molecule has 0 spiro atoms. The van der Waals surface area contributed by atoms with Gasteiger partial charge >= 0.3 is 0 Å². The number of nitrogens with two attached hydrogens (primary N) is 1. The number of furan rings is 1. The van der Waals surface area contributed by atoms with Crippen molar-refractivity contribution >= 4 is 45.6 Å². The average molecular weight is 377 g/mol. The second kappa shape index (κ2) is 6.70. The first kappa shape index (κ1) is 17.2. The van der Waals surface area contributed by atoms with Crippen LogP contribution in [-0.2, 0) is 0 Å². The second-order valence-electron chi connectivity index (χ2n) is 5.27. The summed E-state index contributed by atoms with van der Waals surface area (Å²) in [6.45, 7) is 3.62. The minimum absolute atomic E-state index is 0.0686. The van der Waals surface area contributed by atoms with Crippen LogP contribution in [0.2, 0.25) is 10.0 Å². The molecule has 0 aliphatic heterocycles. The molecule has 0 unspecified atom stereocenters. The van der Waals surface area contributed by atoms with Gasteiger partial charge in [0.25, 0.3) is 0 Å². The highest BCUT2D eigenvalue weighted by Crippen LogP contribution is 2.36. The van der Waals surface area contributed by atoms with Crippen LogP contribution in [0.1, 0.15) is 16.1 Å². The zero-order valence-corrected chi connectivity index (χ0v) is 14.7. The van der Waals surface area contributed by atoms with E-state index in [-0.39, 0.29) is 22.2 Å². The molecule has 7 heteroatoms. The molecule has 0 aliphatic carbocycles. The van der Waals surface area contributed by atoms with Gasteiger partial charge < -0.3 is 20.2 Å². The van der Waals surface area contributed by atoms with E-state index in [1.54, 1.807) is 37.4 Å². The summed E-state index contributed by atoms with van der Waals surface area (Å²) in [6.07, 6.45) is 0. The fourth-order valence-corrected chi connectivity index (χ4v) is 2.94. The minimum Gasteiger partial charge on any atom is -0.497 e. The number of rotatable bonds is 5. The normalized spacial score (nSPS) is 10.7. The van der Waals surface area contributed by atoms with E-state index in [1.165, 1.54) is 6.07 Å². The Hall–Kier alpha value is -2.63. The van der Waals surface area contributed by atoms with Crippen molar-refractivity contribution in [1.29, 1.82) is 0 Å². The summed E-state index contributed by atoms with van der Waals surface area (Å²) in [4.78, 5) is 12.9. The molecule has 3 rings (SSSR count). The number of fused-ring (bicyclic) bond motifs is 1. The molecule has 0 atom stereocenters. The number of methoxy groups -OCH3 is 1. The molecule has 1 aromatic heterocycles. The zero-order valence-electron chi connectivity index (χ0n) is 13.2. The predicted molar refractivity (Wildman–Crippen MR) is 99.6 cm³/mol. The molecule has 0 aliphatic rings. The van der Waals surface area contributed by atoms with Crippen molar-refractivity contribution in [2.45, 2.75) is 0 Å². The molecule has 25 heavy (non-hydrogen) atoms. The molecule has 0 radical (unpaired) electrons. The summed E-state index contributed by atoms with van der Waals surface area (Å²) in [5.41, 5.74) is 6.81. The summed E-state index contributed by atoms with van der Waals surface area (Å²) < 4.78 is 11.0. The first-order valence-electron chi connectivity index (χ1n) is 7.22. The third-order valence-electron chi connectivity index (χ3n) is 3.56. The lowest BCUT2D eigenvalue weighted by Crippen LogP contribution is -2.10. The van der Waals surface area contributed by atoms with Crippen LogP contribution in [-0.4, -0.2) is 12.9 Å². The number of ether oxygens (including phenoxy) is 1. The van der Waals surface area contributed by atoms with Gasteiger partial charge in [0, 0.05) is 22.0 Å². The van der Waals surface area contributed by atoms with E-state index in [1.807, 2.05) is 0 Å². The zero-order chi connectivity index (χ0) is 18.1. The highest BCUT2D eigenvalue weighted by Gasteiger charge is 2.24. The summed E-state index contributed by atoms with van der Waals surface area (Å²) in [5, 5.41) is 4.21. The number of carbonyl (C=O) groups excluding carboxylic acids is 1. The van der Waals surface area contributed by atoms with Crippen LogP contribution in [0, 0.1) is 0 Å². The first-order chi connectivity index (χ1) is 11.9. The number of carbonyl (C=O) groups is 1. The Morgan fingerprint density at radius 1 is 1.24 bits per heavy atom. The SMILES string of the molecule is C=C(N)Nc1c(C(=O)c2ccc(Cl)cc2Cl)oc2cc(OC)ccc12. The van der Waals surface area contributed by atoms with Crippen molar-refractivity contribution in [2.75, 3.05) is 12.4 Å². The Kier molecular flexibility index (Phi) is 4.61. The molecule has 128 valence electrons. The molecule has 2 aromatic carbocycles. The molecule has 0 bridgehead atoms. The number of ketones is 1. The molecule has 0 amide bonds. The molecular formula is C18H14Cl2N2O3. The van der Waals surface area contributed by atoms with E-state index in [0.29, 0.717) is 27.4 Å². The van der Waals surface area contributed by atoms with E-state index in [2.05, 4.69) is 11.9 Å². The van der Waals surface area contributed by atoms with Gasteiger partial charge in [0.2, 0.25) is 5.78 Å². The van der Waals surface area contributed by atoms with Crippen molar-refractivity contribution < 1.29 is 13.9 Å². The molecule has 0 saturated heterocycles. The Morgan fingerprint density at radius 2 is 2.00 bits per heavy atom. The maximum Gasteiger partial charge on any atom is 0.231 e. The van der Waals surface area contributed by atoms with Crippen LogP contribution in [0.15, 0.2) is 53.2 Å². The van der Waals surface area contributed by atoms with Crippen LogP contribution in [0.5, 0.6) is 5.75 Å². The van der Waals surface area contributed by atoms with Crippen molar-refractivity contribution in [1.82, 2.24) is 0 Å². The van der Waals surface area contributed by atoms with Crippen molar-refractivity contribution in [3.05, 3.63) is 70.2 Å². The number of nitrogens with one attached hydrogen (secondary N) is 1. The largest absolute Gasteiger partial charge is 0.497 e. The predicted octanol–water partition coefficient (Wildman–Crippen LogP) is 4.82. The fourth-order valence-electron chi connectivity index (χ4n) is 2.44. The molecule has 0 fully saturated rings. The minimum atomic E-state index is -0.402. The van der Waals surface area contributed by atoms with Gasteiger partial charge in [0.05, 0.1) is 23.6 Å².